The van der Waals surface area contributed by atoms with Gasteiger partial charge in [-0.1, -0.05) is 23.2 Å². The number of ether oxygens (including phenoxy) is 2. The van der Waals surface area contributed by atoms with Crippen LogP contribution in [0.1, 0.15) is 12.5 Å². The average Bonchev–Trinajstić information content (AvgIpc) is 2.67. The molecule has 1 N–H and O–H groups in total. The summed E-state index contributed by atoms with van der Waals surface area (Å²) >= 11 is 11.9. The van der Waals surface area contributed by atoms with E-state index in [-0.39, 0.29) is 36.2 Å². The predicted molar refractivity (Wildman–Crippen MR) is 113 cm³/mol. The van der Waals surface area contributed by atoms with Crippen molar-refractivity contribution in [3.8, 4) is 17.6 Å². The SMILES string of the molecule is CCOc1cc(OCC2(CO)CN(S(=O)(=O)c3ccc(Cl)cc3Cl)C2)ccc1C#N. The molecule has 10 heteroatoms. The lowest BCUT2D eigenvalue weighted by Gasteiger charge is -2.47. The Balaban J connectivity index is 1.70. The Labute approximate surface area is 185 Å². The second kappa shape index (κ2) is 9.00. The van der Waals surface area contributed by atoms with E-state index in [0.717, 1.165) is 0 Å². The fourth-order valence-electron chi connectivity index (χ4n) is 3.13. The second-order valence-corrected chi connectivity index (χ2v) is 9.75. The van der Waals surface area contributed by atoms with Crippen molar-refractivity contribution in [2.45, 2.75) is 11.8 Å². The molecule has 0 saturated carbocycles. The number of rotatable bonds is 8. The number of aliphatic hydroxyl groups excluding tert-OH is 1. The summed E-state index contributed by atoms with van der Waals surface area (Å²) in [5, 5.41) is 19.4. The van der Waals surface area contributed by atoms with Crippen LogP contribution < -0.4 is 9.47 Å². The zero-order chi connectivity index (χ0) is 21.9. The molecule has 2 aromatic rings. The Bertz CT molecular complexity index is 1080. The van der Waals surface area contributed by atoms with Gasteiger partial charge in [0.15, 0.2) is 0 Å². The van der Waals surface area contributed by atoms with Gasteiger partial charge in [-0.05, 0) is 37.3 Å². The smallest absolute Gasteiger partial charge is 0.244 e. The van der Waals surface area contributed by atoms with Crippen LogP contribution in [0.4, 0.5) is 0 Å². The van der Waals surface area contributed by atoms with Crippen LogP contribution in [0.2, 0.25) is 10.0 Å². The highest BCUT2D eigenvalue weighted by molar-refractivity contribution is 7.89. The molecule has 1 aliphatic rings. The van der Waals surface area contributed by atoms with Gasteiger partial charge in [0.05, 0.1) is 35.8 Å². The van der Waals surface area contributed by atoms with Gasteiger partial charge in [0.2, 0.25) is 10.0 Å². The van der Waals surface area contributed by atoms with Gasteiger partial charge in [-0.3, -0.25) is 0 Å². The van der Waals surface area contributed by atoms with E-state index < -0.39 is 15.4 Å². The van der Waals surface area contributed by atoms with Crippen LogP contribution in [-0.4, -0.2) is 50.7 Å². The molecule has 1 heterocycles. The van der Waals surface area contributed by atoms with Gasteiger partial charge in [0, 0.05) is 24.2 Å². The van der Waals surface area contributed by atoms with E-state index >= 15 is 0 Å². The lowest BCUT2D eigenvalue weighted by atomic mass is 9.83. The highest BCUT2D eigenvalue weighted by atomic mass is 35.5. The van der Waals surface area contributed by atoms with Crippen molar-refractivity contribution in [2.75, 3.05) is 32.9 Å². The van der Waals surface area contributed by atoms with Gasteiger partial charge in [0.25, 0.3) is 0 Å². The van der Waals surface area contributed by atoms with Crippen LogP contribution in [-0.2, 0) is 10.0 Å². The molecule has 7 nitrogen and oxygen atoms in total. The Morgan fingerprint density at radius 1 is 1.20 bits per heavy atom. The summed E-state index contributed by atoms with van der Waals surface area (Å²) in [5.74, 6) is 0.873. The first-order chi connectivity index (χ1) is 14.2. The molecule has 0 unspecified atom stereocenters. The largest absolute Gasteiger partial charge is 0.493 e. The van der Waals surface area contributed by atoms with Crippen LogP contribution in [0.15, 0.2) is 41.3 Å². The van der Waals surface area contributed by atoms with Crippen molar-refractivity contribution in [2.24, 2.45) is 5.41 Å². The van der Waals surface area contributed by atoms with Crippen molar-refractivity contribution in [3.05, 3.63) is 52.0 Å². The third kappa shape index (κ3) is 4.51. The Morgan fingerprint density at radius 3 is 2.53 bits per heavy atom. The van der Waals surface area contributed by atoms with Crippen molar-refractivity contribution in [3.63, 3.8) is 0 Å². The predicted octanol–water partition coefficient (Wildman–Crippen LogP) is 3.33. The van der Waals surface area contributed by atoms with Gasteiger partial charge in [-0.15, -0.1) is 0 Å². The Hall–Kier alpha value is -2.02. The third-order valence-electron chi connectivity index (χ3n) is 4.79. The van der Waals surface area contributed by atoms with E-state index in [4.69, 9.17) is 37.9 Å². The van der Waals surface area contributed by atoms with Gasteiger partial charge in [-0.25, -0.2) is 8.42 Å². The van der Waals surface area contributed by atoms with Crippen molar-refractivity contribution < 1.29 is 23.0 Å². The summed E-state index contributed by atoms with van der Waals surface area (Å²) < 4.78 is 38.1. The monoisotopic (exact) mass is 470 g/mol. The molecule has 0 aromatic heterocycles. The zero-order valence-electron chi connectivity index (χ0n) is 16.1. The van der Waals surface area contributed by atoms with Crippen LogP contribution in [0.25, 0.3) is 0 Å². The van der Waals surface area contributed by atoms with Crippen LogP contribution >= 0.6 is 23.2 Å². The highest BCUT2D eigenvalue weighted by Crippen LogP contribution is 2.38. The quantitative estimate of drug-likeness (QED) is 0.634. The lowest BCUT2D eigenvalue weighted by molar-refractivity contribution is -0.0272. The number of benzene rings is 2. The number of nitrogens with zero attached hydrogens (tertiary/aromatic N) is 2. The van der Waals surface area contributed by atoms with E-state index in [9.17, 15) is 13.5 Å². The maximum atomic E-state index is 12.8. The molecule has 2 aromatic carbocycles. The van der Waals surface area contributed by atoms with Crippen LogP contribution in [0, 0.1) is 16.7 Å². The molecule has 160 valence electrons. The number of sulfonamides is 1. The van der Waals surface area contributed by atoms with Crippen LogP contribution in [0.5, 0.6) is 11.5 Å². The molecular weight excluding hydrogens is 451 g/mol. The molecular formula is C20H20Cl2N2O5S. The molecule has 0 bridgehead atoms. The maximum absolute atomic E-state index is 12.8. The maximum Gasteiger partial charge on any atom is 0.244 e. The zero-order valence-corrected chi connectivity index (χ0v) is 18.5. The Kier molecular flexibility index (Phi) is 6.80. The first kappa shape index (κ1) is 22.7. The fourth-order valence-corrected chi connectivity index (χ4v) is 5.54. The summed E-state index contributed by atoms with van der Waals surface area (Å²) in [6.07, 6.45) is 0. The van der Waals surface area contributed by atoms with Gasteiger partial charge >= 0.3 is 0 Å². The number of halogens is 2. The molecule has 0 atom stereocenters. The molecule has 0 amide bonds. The van der Waals surface area contributed by atoms with Gasteiger partial charge in [0.1, 0.15) is 22.5 Å². The van der Waals surface area contributed by atoms with Crippen molar-refractivity contribution in [1.29, 1.82) is 5.26 Å². The first-order valence-electron chi connectivity index (χ1n) is 9.10. The van der Waals surface area contributed by atoms with E-state index in [0.29, 0.717) is 28.7 Å². The fraction of sp³-hybridized carbons (Fsp3) is 0.350. The lowest BCUT2D eigenvalue weighted by Crippen LogP contribution is -2.62. The van der Waals surface area contributed by atoms with E-state index in [2.05, 4.69) is 0 Å². The number of hydrogen-bond donors (Lipinski definition) is 1. The molecule has 30 heavy (non-hydrogen) atoms. The number of hydrogen-bond acceptors (Lipinski definition) is 6. The average molecular weight is 471 g/mol. The number of nitriles is 1. The topological polar surface area (TPSA) is 99.9 Å². The molecule has 0 spiro atoms. The Morgan fingerprint density at radius 2 is 1.93 bits per heavy atom. The second-order valence-electron chi connectivity index (χ2n) is 7.00. The number of aliphatic hydroxyl groups is 1. The highest BCUT2D eigenvalue weighted by Gasteiger charge is 2.49. The van der Waals surface area contributed by atoms with Crippen molar-refractivity contribution >= 4 is 33.2 Å². The van der Waals surface area contributed by atoms with Gasteiger partial charge < -0.3 is 14.6 Å². The molecule has 0 radical (unpaired) electrons. The molecule has 3 rings (SSSR count). The molecule has 1 aliphatic heterocycles. The minimum Gasteiger partial charge on any atom is -0.493 e. The summed E-state index contributed by atoms with van der Waals surface area (Å²) in [5.41, 5.74) is -0.354. The minimum absolute atomic E-state index is 0.0329. The van der Waals surface area contributed by atoms with Gasteiger partial charge in [-0.2, -0.15) is 9.57 Å². The molecule has 1 fully saturated rings. The van der Waals surface area contributed by atoms with Crippen molar-refractivity contribution in [1.82, 2.24) is 4.31 Å². The standard InChI is InChI=1S/C20H20Cl2N2O5S/c1-2-28-18-8-16(5-3-14(18)9-23)29-13-20(12-25)10-24(11-20)30(26,27)19-6-4-15(21)7-17(19)22/h3-8,25H,2,10-13H2,1H3. The summed E-state index contributed by atoms with van der Waals surface area (Å²) in [7, 11) is -3.82. The summed E-state index contributed by atoms with van der Waals surface area (Å²) in [4.78, 5) is -0.0329. The van der Waals surface area contributed by atoms with Crippen LogP contribution in [0.3, 0.4) is 0 Å². The molecule has 1 saturated heterocycles. The summed E-state index contributed by atoms with van der Waals surface area (Å²) in [6.45, 7) is 2.23. The van der Waals surface area contributed by atoms with E-state index in [1.54, 1.807) is 18.2 Å². The normalized spacial score (nSPS) is 15.8. The summed E-state index contributed by atoms with van der Waals surface area (Å²) in [6, 6.07) is 11.1. The molecule has 0 aliphatic carbocycles. The van der Waals surface area contributed by atoms with E-state index in [1.807, 2.05) is 13.0 Å². The third-order valence-corrected chi connectivity index (χ3v) is 7.30. The minimum atomic E-state index is -3.82. The first-order valence-corrected chi connectivity index (χ1v) is 11.3. The van der Waals surface area contributed by atoms with E-state index in [1.165, 1.54) is 22.5 Å².